The third-order valence-corrected chi connectivity index (χ3v) is 3.46. The van der Waals surface area contributed by atoms with E-state index in [-0.39, 0.29) is 6.10 Å². The molecule has 0 radical (unpaired) electrons. The van der Waals surface area contributed by atoms with Crippen molar-refractivity contribution < 1.29 is 4.74 Å². The van der Waals surface area contributed by atoms with Crippen molar-refractivity contribution in [3.63, 3.8) is 0 Å². The van der Waals surface area contributed by atoms with Crippen LogP contribution in [0.5, 0.6) is 5.75 Å². The molecular weight excluding hydrogens is 258 g/mol. The highest BCUT2D eigenvalue weighted by atomic mass is 35.5. The average Bonchev–Trinajstić information content (AvgIpc) is 2.41. The summed E-state index contributed by atoms with van der Waals surface area (Å²) in [6.07, 6.45) is -0.138. The van der Waals surface area contributed by atoms with Crippen LogP contribution >= 0.6 is 11.6 Å². The molecule has 0 saturated heterocycles. The van der Waals surface area contributed by atoms with Gasteiger partial charge in [0.25, 0.3) is 0 Å². The normalized spacial score (nSPS) is 12.2. The maximum Gasteiger partial charge on any atom is 0.136 e. The van der Waals surface area contributed by atoms with Gasteiger partial charge in [0.2, 0.25) is 0 Å². The summed E-state index contributed by atoms with van der Waals surface area (Å²) in [5.41, 5.74) is 9.43. The van der Waals surface area contributed by atoms with Crippen LogP contribution in [0.25, 0.3) is 0 Å². The fraction of sp³-hybridized carbons (Fsp3) is 0.250. The second-order valence-electron chi connectivity index (χ2n) is 4.64. The quantitative estimate of drug-likeness (QED) is 0.914. The second kappa shape index (κ2) is 6.09. The predicted octanol–water partition coefficient (Wildman–Crippen LogP) is 4.04. The lowest BCUT2D eigenvalue weighted by molar-refractivity contribution is 0.214. The van der Waals surface area contributed by atoms with E-state index in [2.05, 4.69) is 32.0 Å². The van der Waals surface area contributed by atoms with Gasteiger partial charge in [0, 0.05) is 11.6 Å². The molecule has 0 spiro atoms. The van der Waals surface area contributed by atoms with E-state index in [9.17, 15) is 0 Å². The Morgan fingerprint density at radius 1 is 1.05 bits per heavy atom. The van der Waals surface area contributed by atoms with Crippen LogP contribution in [0.4, 0.5) is 0 Å². The number of benzene rings is 2. The van der Waals surface area contributed by atoms with Gasteiger partial charge in [-0.2, -0.15) is 0 Å². The Labute approximate surface area is 119 Å². The first-order valence-electron chi connectivity index (χ1n) is 6.29. The third kappa shape index (κ3) is 3.49. The number of hydrogen-bond donors (Lipinski definition) is 1. The van der Waals surface area contributed by atoms with Crippen LogP contribution < -0.4 is 10.5 Å². The Balaban J connectivity index is 2.19. The van der Waals surface area contributed by atoms with Gasteiger partial charge in [-0.3, -0.25) is 0 Å². The van der Waals surface area contributed by atoms with Crippen LogP contribution in [0.2, 0.25) is 5.02 Å². The molecule has 19 heavy (non-hydrogen) atoms. The Kier molecular flexibility index (Phi) is 4.46. The van der Waals surface area contributed by atoms with E-state index in [1.54, 1.807) is 0 Å². The van der Waals surface area contributed by atoms with Crippen LogP contribution in [0.15, 0.2) is 42.5 Å². The van der Waals surface area contributed by atoms with Gasteiger partial charge >= 0.3 is 0 Å². The molecule has 0 aliphatic rings. The molecule has 2 rings (SSSR count). The van der Waals surface area contributed by atoms with Gasteiger partial charge in [0.15, 0.2) is 0 Å². The molecular formula is C16H18ClNO. The van der Waals surface area contributed by atoms with Crippen LogP contribution in [-0.2, 0) is 0 Å². The smallest absolute Gasteiger partial charge is 0.136 e. The first-order valence-corrected chi connectivity index (χ1v) is 6.67. The predicted molar refractivity (Wildman–Crippen MR) is 79.8 cm³/mol. The summed E-state index contributed by atoms with van der Waals surface area (Å²) in [4.78, 5) is 0. The summed E-state index contributed by atoms with van der Waals surface area (Å²) < 4.78 is 5.92. The molecule has 100 valence electrons. The second-order valence-corrected chi connectivity index (χ2v) is 5.08. The first-order chi connectivity index (χ1) is 9.10. The van der Waals surface area contributed by atoms with Crippen molar-refractivity contribution in [3.05, 3.63) is 64.2 Å². The van der Waals surface area contributed by atoms with Crippen molar-refractivity contribution >= 4 is 11.6 Å². The first kappa shape index (κ1) is 13.9. The highest BCUT2D eigenvalue weighted by Crippen LogP contribution is 2.24. The molecule has 3 heteroatoms. The molecule has 0 aliphatic heterocycles. The van der Waals surface area contributed by atoms with E-state index in [0.29, 0.717) is 11.6 Å². The van der Waals surface area contributed by atoms with Gasteiger partial charge < -0.3 is 10.5 Å². The monoisotopic (exact) mass is 275 g/mol. The molecule has 0 aromatic heterocycles. The Bertz CT molecular complexity index is 551. The van der Waals surface area contributed by atoms with Gasteiger partial charge in [0.1, 0.15) is 11.9 Å². The molecule has 0 fully saturated rings. The minimum Gasteiger partial charge on any atom is -0.484 e. The largest absolute Gasteiger partial charge is 0.484 e. The maximum atomic E-state index is 5.92. The zero-order valence-corrected chi connectivity index (χ0v) is 11.9. The zero-order chi connectivity index (χ0) is 13.8. The van der Waals surface area contributed by atoms with E-state index in [1.807, 2.05) is 24.3 Å². The molecule has 2 aromatic carbocycles. The lowest BCUT2D eigenvalue weighted by Crippen LogP contribution is -2.18. The van der Waals surface area contributed by atoms with Crippen LogP contribution in [0.3, 0.4) is 0 Å². The number of nitrogens with two attached hydrogens (primary N) is 1. The van der Waals surface area contributed by atoms with Crippen molar-refractivity contribution in [1.29, 1.82) is 0 Å². The van der Waals surface area contributed by atoms with Crippen molar-refractivity contribution in [2.75, 3.05) is 6.54 Å². The minimum absolute atomic E-state index is 0.138. The fourth-order valence-electron chi connectivity index (χ4n) is 1.89. The van der Waals surface area contributed by atoms with E-state index >= 15 is 0 Å². The molecule has 0 heterocycles. The summed E-state index contributed by atoms with van der Waals surface area (Å²) >= 11 is 5.86. The number of ether oxygens (including phenoxy) is 1. The Morgan fingerprint density at radius 3 is 2.32 bits per heavy atom. The van der Waals surface area contributed by atoms with Gasteiger partial charge in [-0.15, -0.1) is 0 Å². The summed E-state index contributed by atoms with van der Waals surface area (Å²) in [5.74, 6) is 0.776. The lowest BCUT2D eigenvalue weighted by Gasteiger charge is -2.19. The molecule has 0 amide bonds. The molecule has 0 aliphatic carbocycles. The molecule has 2 aromatic rings. The summed E-state index contributed by atoms with van der Waals surface area (Å²) in [7, 11) is 0. The van der Waals surface area contributed by atoms with Crippen molar-refractivity contribution in [1.82, 2.24) is 0 Å². The Hall–Kier alpha value is -1.51. The maximum absolute atomic E-state index is 5.92. The van der Waals surface area contributed by atoms with Gasteiger partial charge in [0.05, 0.1) is 0 Å². The molecule has 1 atom stereocenters. The van der Waals surface area contributed by atoms with Crippen molar-refractivity contribution in [3.8, 4) is 5.75 Å². The van der Waals surface area contributed by atoms with Crippen molar-refractivity contribution in [2.24, 2.45) is 5.73 Å². The van der Waals surface area contributed by atoms with E-state index in [4.69, 9.17) is 22.1 Å². The standard InChI is InChI=1S/C16H18ClNO/c1-11-3-4-13(9-12(11)2)16(10-18)19-15-7-5-14(17)6-8-15/h3-9,16H,10,18H2,1-2H3. The zero-order valence-electron chi connectivity index (χ0n) is 11.2. The summed E-state index contributed by atoms with van der Waals surface area (Å²) in [6, 6.07) is 13.6. The minimum atomic E-state index is -0.138. The molecule has 0 saturated carbocycles. The third-order valence-electron chi connectivity index (χ3n) is 3.21. The summed E-state index contributed by atoms with van der Waals surface area (Å²) in [5, 5.41) is 0.697. The van der Waals surface area contributed by atoms with Crippen molar-refractivity contribution in [2.45, 2.75) is 20.0 Å². The molecule has 0 bridgehead atoms. The van der Waals surface area contributed by atoms with E-state index < -0.39 is 0 Å². The Morgan fingerprint density at radius 2 is 1.74 bits per heavy atom. The number of halogens is 1. The van der Waals surface area contributed by atoms with Gasteiger partial charge in [-0.05, 0) is 54.8 Å². The van der Waals surface area contributed by atoms with Crippen LogP contribution in [0, 0.1) is 13.8 Å². The molecule has 2 N–H and O–H groups in total. The number of rotatable bonds is 4. The fourth-order valence-corrected chi connectivity index (χ4v) is 2.02. The molecule has 2 nitrogen and oxygen atoms in total. The molecule has 1 unspecified atom stereocenters. The number of hydrogen-bond acceptors (Lipinski definition) is 2. The SMILES string of the molecule is Cc1ccc(C(CN)Oc2ccc(Cl)cc2)cc1C. The highest BCUT2D eigenvalue weighted by Gasteiger charge is 2.12. The van der Waals surface area contributed by atoms with Crippen LogP contribution in [-0.4, -0.2) is 6.54 Å². The topological polar surface area (TPSA) is 35.2 Å². The van der Waals surface area contributed by atoms with Crippen LogP contribution in [0.1, 0.15) is 22.8 Å². The lowest BCUT2D eigenvalue weighted by atomic mass is 10.0. The average molecular weight is 276 g/mol. The highest BCUT2D eigenvalue weighted by molar-refractivity contribution is 6.30. The number of aryl methyl sites for hydroxylation is 2. The van der Waals surface area contributed by atoms with E-state index in [1.165, 1.54) is 11.1 Å². The summed E-state index contributed by atoms with van der Waals surface area (Å²) in [6.45, 7) is 4.62. The van der Waals surface area contributed by atoms with Gasteiger partial charge in [-0.25, -0.2) is 0 Å². The van der Waals surface area contributed by atoms with E-state index in [0.717, 1.165) is 11.3 Å². The van der Waals surface area contributed by atoms with Gasteiger partial charge in [-0.1, -0.05) is 29.8 Å².